The molecule has 2 saturated heterocycles. The van der Waals surface area contributed by atoms with Gasteiger partial charge in [-0.25, -0.2) is 4.98 Å². The number of aromatic nitrogens is 1. The number of carboxylic acids is 1. The molecule has 7 heteroatoms. The smallest absolute Gasteiger partial charge is 0.313 e. The molecule has 7 nitrogen and oxygen atoms in total. The molecule has 2 atom stereocenters. The van der Waals surface area contributed by atoms with Crippen molar-refractivity contribution < 1.29 is 23.8 Å². The van der Waals surface area contributed by atoms with E-state index in [0.717, 1.165) is 22.8 Å². The molecule has 3 heterocycles. The van der Waals surface area contributed by atoms with E-state index in [-0.39, 0.29) is 12.5 Å². The summed E-state index contributed by atoms with van der Waals surface area (Å²) in [5, 5.41) is 9.66. The number of hydrogen-bond donors (Lipinski definition) is 1. The van der Waals surface area contributed by atoms with Crippen molar-refractivity contribution in [3.05, 3.63) is 35.7 Å². The first-order chi connectivity index (χ1) is 12.5. The number of carboxylic acid groups (broad SMARTS) is 1. The van der Waals surface area contributed by atoms with Crippen molar-refractivity contribution in [2.24, 2.45) is 11.3 Å². The van der Waals surface area contributed by atoms with Crippen molar-refractivity contribution in [1.82, 2.24) is 9.88 Å². The van der Waals surface area contributed by atoms with Crippen molar-refractivity contribution >= 4 is 5.97 Å². The lowest BCUT2D eigenvalue weighted by Gasteiger charge is -2.21. The van der Waals surface area contributed by atoms with Crippen molar-refractivity contribution in [1.29, 1.82) is 0 Å². The van der Waals surface area contributed by atoms with Gasteiger partial charge in [0.2, 0.25) is 5.89 Å². The Labute approximate surface area is 151 Å². The highest BCUT2D eigenvalue weighted by Crippen LogP contribution is 2.42. The number of hydrogen-bond acceptors (Lipinski definition) is 6. The summed E-state index contributed by atoms with van der Waals surface area (Å²) in [5.41, 5.74) is 0.907. The summed E-state index contributed by atoms with van der Waals surface area (Å²) in [6.07, 6.45) is 0. The molecule has 26 heavy (non-hydrogen) atoms. The second-order valence-corrected chi connectivity index (χ2v) is 7.10. The largest absolute Gasteiger partial charge is 0.497 e. The van der Waals surface area contributed by atoms with Crippen LogP contribution in [0.4, 0.5) is 0 Å². The van der Waals surface area contributed by atoms with Crippen LogP contribution in [0.2, 0.25) is 0 Å². The maximum atomic E-state index is 11.8. The Morgan fingerprint density at radius 2 is 2.35 bits per heavy atom. The number of fused-ring (bicyclic) bond motifs is 1. The Balaban J connectivity index is 1.53. The third-order valence-electron chi connectivity index (χ3n) is 5.45. The third-order valence-corrected chi connectivity index (χ3v) is 5.45. The highest BCUT2D eigenvalue weighted by Gasteiger charge is 2.56. The van der Waals surface area contributed by atoms with Gasteiger partial charge in [-0.05, 0) is 25.1 Å². The molecule has 0 saturated carbocycles. The normalized spacial score (nSPS) is 25.4. The molecule has 1 aromatic carbocycles. The van der Waals surface area contributed by atoms with Gasteiger partial charge in [0.15, 0.2) is 0 Å². The Hall–Kier alpha value is -2.38. The van der Waals surface area contributed by atoms with Gasteiger partial charge in [0, 0.05) is 31.1 Å². The third kappa shape index (κ3) is 2.77. The predicted octanol–water partition coefficient (Wildman–Crippen LogP) is 2.19. The molecule has 2 fully saturated rings. The fourth-order valence-electron chi connectivity index (χ4n) is 3.93. The molecule has 0 amide bonds. The van der Waals surface area contributed by atoms with Crippen LogP contribution in [0.1, 0.15) is 11.5 Å². The zero-order valence-electron chi connectivity index (χ0n) is 14.9. The fraction of sp³-hybridized carbons (Fsp3) is 0.474. The van der Waals surface area contributed by atoms with E-state index in [1.54, 1.807) is 7.11 Å². The van der Waals surface area contributed by atoms with Gasteiger partial charge in [-0.1, -0.05) is 6.07 Å². The minimum atomic E-state index is -0.784. The van der Waals surface area contributed by atoms with Gasteiger partial charge in [0.05, 0.1) is 26.0 Å². The number of benzene rings is 1. The quantitative estimate of drug-likeness (QED) is 0.877. The SMILES string of the molecule is COc1cccc(-c2nc(CN3C[C@@H]4COC[C@]4(C(=O)O)C3)c(C)o2)c1. The molecule has 138 valence electrons. The molecule has 0 aliphatic carbocycles. The summed E-state index contributed by atoms with van der Waals surface area (Å²) in [4.78, 5) is 18.5. The van der Waals surface area contributed by atoms with E-state index in [0.29, 0.717) is 32.1 Å². The van der Waals surface area contributed by atoms with Gasteiger partial charge in [0.25, 0.3) is 0 Å². The van der Waals surface area contributed by atoms with Gasteiger partial charge in [-0.15, -0.1) is 0 Å². The number of nitrogens with zero attached hydrogens (tertiary/aromatic N) is 2. The summed E-state index contributed by atoms with van der Waals surface area (Å²) in [6, 6.07) is 7.57. The average Bonchev–Trinajstić information content (AvgIpc) is 3.28. The van der Waals surface area contributed by atoms with E-state index >= 15 is 0 Å². The first-order valence-corrected chi connectivity index (χ1v) is 8.66. The van der Waals surface area contributed by atoms with Gasteiger partial charge in [-0.2, -0.15) is 0 Å². The molecule has 2 aliphatic heterocycles. The number of aliphatic carboxylic acids is 1. The van der Waals surface area contributed by atoms with E-state index in [9.17, 15) is 9.90 Å². The Bertz CT molecular complexity index is 833. The second-order valence-electron chi connectivity index (χ2n) is 7.10. The zero-order chi connectivity index (χ0) is 18.3. The number of methoxy groups -OCH3 is 1. The summed E-state index contributed by atoms with van der Waals surface area (Å²) >= 11 is 0. The maximum absolute atomic E-state index is 11.8. The number of likely N-dealkylation sites (tertiary alicyclic amines) is 1. The van der Waals surface area contributed by atoms with Crippen molar-refractivity contribution in [3.8, 4) is 17.2 Å². The van der Waals surface area contributed by atoms with Crippen LogP contribution in [-0.4, -0.2) is 54.4 Å². The molecular formula is C19H22N2O5. The van der Waals surface area contributed by atoms with Crippen LogP contribution in [0.3, 0.4) is 0 Å². The average molecular weight is 358 g/mol. The number of carbonyl (C=O) groups is 1. The minimum absolute atomic E-state index is 0.0325. The lowest BCUT2D eigenvalue weighted by Crippen LogP contribution is -2.38. The van der Waals surface area contributed by atoms with Crippen LogP contribution in [0, 0.1) is 18.3 Å². The molecule has 0 radical (unpaired) electrons. The Morgan fingerprint density at radius 3 is 3.08 bits per heavy atom. The summed E-state index contributed by atoms with van der Waals surface area (Å²) in [6.45, 7) is 4.44. The summed E-state index contributed by atoms with van der Waals surface area (Å²) < 4.78 is 16.5. The molecule has 1 aromatic heterocycles. The number of aryl methyl sites for hydroxylation is 1. The highest BCUT2D eigenvalue weighted by atomic mass is 16.5. The van der Waals surface area contributed by atoms with E-state index < -0.39 is 11.4 Å². The zero-order valence-corrected chi connectivity index (χ0v) is 14.9. The minimum Gasteiger partial charge on any atom is -0.497 e. The van der Waals surface area contributed by atoms with Gasteiger partial charge < -0.3 is 19.0 Å². The highest BCUT2D eigenvalue weighted by molar-refractivity contribution is 5.76. The number of oxazole rings is 1. The summed E-state index contributed by atoms with van der Waals surface area (Å²) in [7, 11) is 1.62. The molecule has 2 aromatic rings. The Morgan fingerprint density at radius 1 is 1.50 bits per heavy atom. The molecule has 0 bridgehead atoms. The van der Waals surface area contributed by atoms with E-state index in [4.69, 9.17) is 13.9 Å². The molecule has 4 rings (SSSR count). The topological polar surface area (TPSA) is 85.0 Å². The molecule has 2 aliphatic rings. The standard InChI is InChI=1S/C19H22N2O5/c1-12-16(20-17(26-12)13-4-3-5-15(6-13)24-2)8-21-7-14-9-25-11-19(14,10-21)18(22)23/h3-6,14H,7-11H2,1-2H3,(H,22,23)/t14-,19-/m1/s1. The monoisotopic (exact) mass is 358 g/mol. The summed E-state index contributed by atoms with van der Waals surface area (Å²) in [5.74, 6) is 1.31. The van der Waals surface area contributed by atoms with E-state index in [2.05, 4.69) is 9.88 Å². The predicted molar refractivity (Wildman–Crippen MR) is 92.9 cm³/mol. The number of rotatable bonds is 5. The number of ether oxygens (including phenoxy) is 2. The van der Waals surface area contributed by atoms with Crippen molar-refractivity contribution in [3.63, 3.8) is 0 Å². The van der Waals surface area contributed by atoms with E-state index in [1.165, 1.54) is 0 Å². The Kier molecular flexibility index (Phi) is 4.20. The van der Waals surface area contributed by atoms with Gasteiger partial charge in [0.1, 0.15) is 16.9 Å². The van der Waals surface area contributed by atoms with Crippen LogP contribution in [0.25, 0.3) is 11.5 Å². The maximum Gasteiger partial charge on any atom is 0.313 e. The van der Waals surface area contributed by atoms with E-state index in [1.807, 2.05) is 31.2 Å². The lowest BCUT2D eigenvalue weighted by molar-refractivity contribution is -0.149. The van der Waals surface area contributed by atoms with Crippen molar-refractivity contribution in [2.75, 3.05) is 33.4 Å². The van der Waals surface area contributed by atoms with Gasteiger partial charge in [-0.3, -0.25) is 9.69 Å². The van der Waals surface area contributed by atoms with Crippen LogP contribution in [-0.2, 0) is 16.1 Å². The molecule has 0 unspecified atom stereocenters. The molecular weight excluding hydrogens is 336 g/mol. The first-order valence-electron chi connectivity index (χ1n) is 8.66. The van der Waals surface area contributed by atoms with Crippen LogP contribution < -0.4 is 4.74 Å². The van der Waals surface area contributed by atoms with Crippen molar-refractivity contribution in [2.45, 2.75) is 13.5 Å². The van der Waals surface area contributed by atoms with Crippen LogP contribution in [0.15, 0.2) is 28.7 Å². The lowest BCUT2D eigenvalue weighted by atomic mass is 9.81. The van der Waals surface area contributed by atoms with Crippen LogP contribution >= 0.6 is 0 Å². The second kappa shape index (κ2) is 6.41. The fourth-order valence-corrected chi connectivity index (χ4v) is 3.93. The molecule has 0 spiro atoms. The van der Waals surface area contributed by atoms with Crippen LogP contribution in [0.5, 0.6) is 5.75 Å². The molecule has 1 N–H and O–H groups in total. The first kappa shape index (κ1) is 17.1. The van der Waals surface area contributed by atoms with Gasteiger partial charge >= 0.3 is 5.97 Å².